The lowest BCUT2D eigenvalue weighted by molar-refractivity contribution is 0.241. The topological polar surface area (TPSA) is 34.1 Å². The van der Waals surface area contributed by atoms with Gasteiger partial charge in [-0.2, -0.15) is 0 Å². The molecule has 0 aromatic heterocycles. The van der Waals surface area contributed by atoms with Crippen LogP contribution in [0.3, 0.4) is 0 Å². The summed E-state index contributed by atoms with van der Waals surface area (Å²) in [4.78, 5) is 0.257. The smallest absolute Gasteiger partial charge is 0.178 e. The molecule has 1 saturated carbocycles. The molecule has 2 aromatic rings. The molecular weight excluding hydrogens is 366 g/mol. The van der Waals surface area contributed by atoms with Gasteiger partial charge in [-0.05, 0) is 66.3 Å². The van der Waals surface area contributed by atoms with Crippen LogP contribution in [0.5, 0.6) is 0 Å². The van der Waals surface area contributed by atoms with Gasteiger partial charge in [-0.1, -0.05) is 32.9 Å². The first-order chi connectivity index (χ1) is 12.6. The van der Waals surface area contributed by atoms with Crippen molar-refractivity contribution in [2.75, 3.05) is 5.75 Å². The summed E-state index contributed by atoms with van der Waals surface area (Å²) >= 11 is 0. The summed E-state index contributed by atoms with van der Waals surface area (Å²) in [5, 5.41) is 0. The van der Waals surface area contributed by atoms with Crippen LogP contribution in [0.4, 0.5) is 8.78 Å². The van der Waals surface area contributed by atoms with Crippen LogP contribution < -0.4 is 0 Å². The van der Waals surface area contributed by atoms with Crippen LogP contribution in [0.25, 0.3) is 11.1 Å². The van der Waals surface area contributed by atoms with E-state index in [9.17, 15) is 17.2 Å². The summed E-state index contributed by atoms with van der Waals surface area (Å²) in [7, 11) is -3.38. The van der Waals surface area contributed by atoms with Crippen LogP contribution in [-0.2, 0) is 9.84 Å². The lowest BCUT2D eigenvalue weighted by Gasteiger charge is -2.26. The average Bonchev–Trinajstić information content (AvgIpc) is 3.03. The van der Waals surface area contributed by atoms with Crippen molar-refractivity contribution in [2.45, 2.75) is 44.9 Å². The van der Waals surface area contributed by atoms with Crippen molar-refractivity contribution in [1.82, 2.24) is 0 Å². The Hall–Kier alpha value is -1.75. The van der Waals surface area contributed by atoms with Gasteiger partial charge < -0.3 is 0 Å². The van der Waals surface area contributed by atoms with Crippen LogP contribution >= 0.6 is 0 Å². The zero-order valence-corrected chi connectivity index (χ0v) is 16.8. The molecule has 1 aliphatic carbocycles. The number of hydrogen-bond acceptors (Lipinski definition) is 2. The Morgan fingerprint density at radius 3 is 2.22 bits per heavy atom. The highest BCUT2D eigenvalue weighted by Crippen LogP contribution is 2.42. The Kier molecular flexibility index (Phi) is 5.44. The molecule has 27 heavy (non-hydrogen) atoms. The van der Waals surface area contributed by atoms with Gasteiger partial charge in [-0.3, -0.25) is 0 Å². The Morgan fingerprint density at radius 1 is 1.00 bits per heavy atom. The summed E-state index contributed by atoms with van der Waals surface area (Å²) in [6.07, 6.45) is 2.97. The van der Waals surface area contributed by atoms with E-state index in [2.05, 4.69) is 20.8 Å². The number of halogens is 2. The molecular formula is C22H26F2O2S. The molecule has 146 valence electrons. The summed E-state index contributed by atoms with van der Waals surface area (Å²) in [5.41, 5.74) is 0.989. The Morgan fingerprint density at radius 2 is 1.67 bits per heavy atom. The highest BCUT2D eigenvalue weighted by molar-refractivity contribution is 7.91. The molecule has 0 saturated heterocycles. The maximum absolute atomic E-state index is 13.9. The van der Waals surface area contributed by atoms with E-state index in [1.165, 1.54) is 24.3 Å². The van der Waals surface area contributed by atoms with E-state index in [4.69, 9.17) is 0 Å². The van der Waals surface area contributed by atoms with Gasteiger partial charge in [0, 0.05) is 11.6 Å². The van der Waals surface area contributed by atoms with Crippen LogP contribution in [-0.4, -0.2) is 14.2 Å². The molecule has 0 aliphatic heterocycles. The second-order valence-corrected chi connectivity index (χ2v) is 10.7. The molecule has 3 rings (SSSR count). The molecule has 0 N–H and O–H groups in total. The monoisotopic (exact) mass is 392 g/mol. The van der Waals surface area contributed by atoms with Gasteiger partial charge in [0.05, 0.1) is 10.6 Å². The van der Waals surface area contributed by atoms with Crippen molar-refractivity contribution >= 4 is 9.84 Å². The predicted molar refractivity (Wildman–Crippen MR) is 104 cm³/mol. The van der Waals surface area contributed by atoms with Gasteiger partial charge in [0.15, 0.2) is 9.84 Å². The maximum Gasteiger partial charge on any atom is 0.178 e. The minimum Gasteiger partial charge on any atom is -0.224 e. The Labute approximate surface area is 160 Å². The summed E-state index contributed by atoms with van der Waals surface area (Å²) in [6.45, 7) is 6.63. The third-order valence-corrected chi connectivity index (χ3v) is 7.58. The molecule has 1 fully saturated rings. The number of hydrogen-bond donors (Lipinski definition) is 0. The minimum atomic E-state index is -3.38. The molecule has 1 aliphatic rings. The van der Waals surface area contributed by atoms with E-state index in [-0.39, 0.29) is 27.5 Å². The fourth-order valence-corrected chi connectivity index (χ4v) is 5.65. The maximum atomic E-state index is 13.9. The first-order valence-corrected chi connectivity index (χ1v) is 11.0. The lowest BCUT2D eigenvalue weighted by Crippen LogP contribution is -2.19. The summed E-state index contributed by atoms with van der Waals surface area (Å²) in [5.74, 6) is -0.399. The van der Waals surface area contributed by atoms with E-state index in [1.54, 1.807) is 12.1 Å². The van der Waals surface area contributed by atoms with Gasteiger partial charge in [0.1, 0.15) is 11.6 Å². The Balaban J connectivity index is 1.74. The van der Waals surface area contributed by atoms with Gasteiger partial charge in [0.2, 0.25) is 0 Å². The zero-order valence-electron chi connectivity index (χ0n) is 16.0. The molecule has 0 radical (unpaired) electrons. The summed E-state index contributed by atoms with van der Waals surface area (Å²) < 4.78 is 52.5. The predicted octanol–water partition coefficient (Wildman–Crippen LogP) is 5.87. The molecule has 0 spiro atoms. The zero-order chi connectivity index (χ0) is 19.8. The van der Waals surface area contributed by atoms with Crippen molar-refractivity contribution in [2.24, 2.45) is 17.3 Å². The van der Waals surface area contributed by atoms with E-state index in [1.807, 2.05) is 0 Å². The van der Waals surface area contributed by atoms with Crippen LogP contribution in [0.15, 0.2) is 47.4 Å². The van der Waals surface area contributed by atoms with Gasteiger partial charge in [-0.25, -0.2) is 17.2 Å². The van der Waals surface area contributed by atoms with E-state index in [0.29, 0.717) is 11.5 Å². The minimum absolute atomic E-state index is 0.157. The lowest BCUT2D eigenvalue weighted by atomic mass is 9.79. The molecule has 2 atom stereocenters. The fraction of sp³-hybridized carbons (Fsp3) is 0.455. The molecule has 2 nitrogen and oxygen atoms in total. The van der Waals surface area contributed by atoms with Crippen LogP contribution in [0, 0.1) is 28.9 Å². The quantitative estimate of drug-likeness (QED) is 0.652. The molecule has 2 aromatic carbocycles. The molecule has 5 heteroatoms. The van der Waals surface area contributed by atoms with Crippen molar-refractivity contribution in [3.8, 4) is 11.1 Å². The normalized spacial score (nSPS) is 20.8. The average molecular weight is 393 g/mol. The van der Waals surface area contributed by atoms with Crippen molar-refractivity contribution in [3.63, 3.8) is 0 Å². The molecule has 0 heterocycles. The van der Waals surface area contributed by atoms with E-state index in [0.717, 1.165) is 25.3 Å². The van der Waals surface area contributed by atoms with Gasteiger partial charge >= 0.3 is 0 Å². The third-order valence-electron chi connectivity index (χ3n) is 5.68. The largest absolute Gasteiger partial charge is 0.224 e. The third kappa shape index (κ3) is 4.57. The number of rotatable bonds is 4. The second-order valence-electron chi connectivity index (χ2n) is 8.67. The second kappa shape index (κ2) is 7.34. The van der Waals surface area contributed by atoms with E-state index >= 15 is 0 Å². The van der Waals surface area contributed by atoms with Crippen LogP contribution in [0.2, 0.25) is 0 Å². The number of sulfone groups is 1. The van der Waals surface area contributed by atoms with Gasteiger partial charge in [-0.15, -0.1) is 0 Å². The first kappa shape index (κ1) is 20.0. The van der Waals surface area contributed by atoms with Crippen molar-refractivity contribution < 1.29 is 17.2 Å². The van der Waals surface area contributed by atoms with E-state index < -0.39 is 21.5 Å². The highest BCUT2D eigenvalue weighted by atomic mass is 32.2. The Bertz CT molecular complexity index is 912. The highest BCUT2D eigenvalue weighted by Gasteiger charge is 2.35. The summed E-state index contributed by atoms with van der Waals surface area (Å²) in [6, 6.07) is 9.57. The number of benzene rings is 2. The van der Waals surface area contributed by atoms with Gasteiger partial charge in [0.25, 0.3) is 0 Å². The SMILES string of the molecule is CC(C)(C)[C@H]1CC[C@@H](CS(=O)(=O)c2ccc(-c3ccc(F)cc3F)cc2)C1. The first-order valence-electron chi connectivity index (χ1n) is 9.34. The molecule has 0 unspecified atom stereocenters. The van der Waals surface area contributed by atoms with Crippen molar-refractivity contribution in [1.29, 1.82) is 0 Å². The standard InChI is InChI=1S/C22H26F2O2S/c1-22(2,3)17-7-4-15(12-17)14-27(25,26)19-9-5-16(6-10-19)20-11-8-18(23)13-21(20)24/h5-6,8-11,13,15,17H,4,7,12,14H2,1-3H3/t15-,17+/m1/s1. The van der Waals surface area contributed by atoms with Crippen molar-refractivity contribution in [3.05, 3.63) is 54.1 Å². The fourth-order valence-electron chi connectivity index (χ4n) is 3.98. The molecule has 0 amide bonds. The molecule has 0 bridgehead atoms. The van der Waals surface area contributed by atoms with Crippen LogP contribution in [0.1, 0.15) is 40.0 Å².